The van der Waals surface area contributed by atoms with Gasteiger partial charge in [-0.05, 0) is 60.1 Å². The maximum absolute atomic E-state index is 2.24. The minimum atomic E-state index is 1.09. The van der Waals surface area contributed by atoms with Crippen molar-refractivity contribution in [2.24, 2.45) is 0 Å². The van der Waals surface area contributed by atoms with E-state index in [-0.39, 0.29) is 0 Å². The number of aryl methyl sites for hydroxylation is 3. The largest absolute Gasteiger partial charge is 0.0617 e. The minimum Gasteiger partial charge on any atom is -0.0617 e. The van der Waals surface area contributed by atoms with Crippen molar-refractivity contribution in [2.45, 2.75) is 40.5 Å². The van der Waals surface area contributed by atoms with Gasteiger partial charge in [-0.15, -0.1) is 0 Å². The van der Waals surface area contributed by atoms with Crippen LogP contribution in [0.5, 0.6) is 0 Å². The Labute approximate surface area is 135 Å². The molecule has 0 N–H and O–H groups in total. The average molecular weight is 290 g/mol. The van der Waals surface area contributed by atoms with Gasteiger partial charge in [-0.2, -0.15) is 0 Å². The fourth-order valence-electron chi connectivity index (χ4n) is 2.97. The average Bonchev–Trinajstić information content (AvgIpc) is 2.53. The van der Waals surface area contributed by atoms with Crippen LogP contribution >= 0.6 is 0 Å². The van der Waals surface area contributed by atoms with Crippen molar-refractivity contribution in [3.8, 4) is 0 Å². The highest BCUT2D eigenvalue weighted by molar-refractivity contribution is 5.63. The van der Waals surface area contributed by atoms with E-state index in [0.29, 0.717) is 0 Å². The van der Waals surface area contributed by atoms with Crippen LogP contribution in [0.3, 0.4) is 0 Å². The predicted molar refractivity (Wildman–Crippen MR) is 99.2 cm³/mol. The number of benzene rings is 2. The van der Waals surface area contributed by atoms with E-state index < -0.39 is 0 Å². The van der Waals surface area contributed by atoms with E-state index in [1.54, 1.807) is 0 Å². The molecule has 0 saturated heterocycles. The molecule has 0 heteroatoms. The minimum absolute atomic E-state index is 1.09. The van der Waals surface area contributed by atoms with Crippen LogP contribution in [0, 0.1) is 13.8 Å². The lowest BCUT2D eigenvalue weighted by atomic mass is 9.97. The summed E-state index contributed by atoms with van der Waals surface area (Å²) in [7, 11) is 0. The van der Waals surface area contributed by atoms with E-state index >= 15 is 0 Å². The van der Waals surface area contributed by atoms with Crippen LogP contribution in [0.2, 0.25) is 0 Å². The smallest absolute Gasteiger partial charge is 0.0198 e. The first-order valence-electron chi connectivity index (χ1n) is 8.19. The molecular weight excluding hydrogens is 264 g/mol. The van der Waals surface area contributed by atoms with Gasteiger partial charge < -0.3 is 0 Å². The monoisotopic (exact) mass is 290 g/mol. The van der Waals surface area contributed by atoms with Crippen molar-refractivity contribution in [3.05, 3.63) is 81.9 Å². The van der Waals surface area contributed by atoms with E-state index in [4.69, 9.17) is 0 Å². The number of allylic oxidation sites excluding steroid dienone is 2. The van der Waals surface area contributed by atoms with Crippen LogP contribution in [0.25, 0.3) is 12.2 Å². The van der Waals surface area contributed by atoms with Crippen molar-refractivity contribution < 1.29 is 0 Å². The molecule has 0 radical (unpaired) electrons. The van der Waals surface area contributed by atoms with Crippen LogP contribution in [0.1, 0.15) is 47.2 Å². The van der Waals surface area contributed by atoms with Gasteiger partial charge in [-0.1, -0.05) is 74.5 Å². The first kappa shape index (κ1) is 16.3. The summed E-state index contributed by atoms with van der Waals surface area (Å²) in [5.74, 6) is 0. The van der Waals surface area contributed by atoms with Crippen LogP contribution < -0.4 is 0 Å². The predicted octanol–water partition coefficient (Wildman–Crippen LogP) is 6.15. The lowest BCUT2D eigenvalue weighted by Crippen LogP contribution is -1.93. The summed E-state index contributed by atoms with van der Waals surface area (Å²) < 4.78 is 0. The topological polar surface area (TPSA) is 0 Å². The normalized spacial score (nSPS) is 11.6. The van der Waals surface area contributed by atoms with E-state index in [0.717, 1.165) is 12.8 Å². The van der Waals surface area contributed by atoms with E-state index in [2.05, 4.69) is 88.4 Å². The first-order valence-corrected chi connectivity index (χ1v) is 8.19. The van der Waals surface area contributed by atoms with E-state index in [9.17, 15) is 0 Å². The zero-order valence-electron chi connectivity index (χ0n) is 14.2. The molecule has 0 amide bonds. The highest BCUT2D eigenvalue weighted by Gasteiger charge is 2.02. The third-order valence-corrected chi connectivity index (χ3v) is 4.24. The second kappa shape index (κ2) is 7.79. The van der Waals surface area contributed by atoms with Gasteiger partial charge in [-0.3, -0.25) is 0 Å². The molecule has 0 nitrogen and oxygen atoms in total. The number of hydrogen-bond donors (Lipinski definition) is 0. The van der Waals surface area contributed by atoms with Gasteiger partial charge in [0, 0.05) is 0 Å². The lowest BCUT2D eigenvalue weighted by molar-refractivity contribution is 1.03. The zero-order chi connectivity index (χ0) is 15.9. The van der Waals surface area contributed by atoms with Gasteiger partial charge in [0.05, 0.1) is 0 Å². The number of rotatable bonds is 5. The Hall–Kier alpha value is -2.08. The second-order valence-electron chi connectivity index (χ2n) is 5.72. The molecule has 0 saturated carbocycles. The fourth-order valence-corrected chi connectivity index (χ4v) is 2.97. The molecule has 0 spiro atoms. The van der Waals surface area contributed by atoms with Crippen molar-refractivity contribution in [3.63, 3.8) is 0 Å². The van der Waals surface area contributed by atoms with E-state index in [1.165, 1.54) is 33.4 Å². The molecule has 0 bridgehead atoms. The fraction of sp³-hybridized carbons (Fsp3) is 0.273. The highest BCUT2D eigenvalue weighted by atomic mass is 14.1. The molecule has 2 aromatic rings. The maximum atomic E-state index is 2.24. The van der Waals surface area contributed by atoms with E-state index in [1.807, 2.05) is 0 Å². The molecule has 0 aliphatic rings. The van der Waals surface area contributed by atoms with Crippen molar-refractivity contribution in [1.82, 2.24) is 0 Å². The summed E-state index contributed by atoms with van der Waals surface area (Å²) in [4.78, 5) is 0. The Morgan fingerprint density at radius 3 is 2.05 bits per heavy atom. The van der Waals surface area contributed by atoms with Gasteiger partial charge in [0.2, 0.25) is 0 Å². The molecule has 0 aliphatic carbocycles. The third-order valence-electron chi connectivity index (χ3n) is 4.24. The molecule has 0 unspecified atom stereocenters. The summed E-state index contributed by atoms with van der Waals surface area (Å²) in [6.07, 6.45) is 10.9. The van der Waals surface area contributed by atoms with Gasteiger partial charge in [0.15, 0.2) is 0 Å². The Balaban J connectivity index is 2.21. The first-order chi connectivity index (χ1) is 10.7. The van der Waals surface area contributed by atoms with Gasteiger partial charge in [-0.25, -0.2) is 0 Å². The molecule has 22 heavy (non-hydrogen) atoms. The van der Waals surface area contributed by atoms with Gasteiger partial charge in [0.25, 0.3) is 0 Å². The summed E-state index contributed by atoms with van der Waals surface area (Å²) >= 11 is 0. The van der Waals surface area contributed by atoms with Crippen molar-refractivity contribution in [2.75, 3.05) is 0 Å². The summed E-state index contributed by atoms with van der Waals surface area (Å²) in [6, 6.07) is 13.0. The molecule has 114 valence electrons. The van der Waals surface area contributed by atoms with Gasteiger partial charge >= 0.3 is 0 Å². The third kappa shape index (κ3) is 3.76. The molecule has 0 heterocycles. The van der Waals surface area contributed by atoms with Crippen molar-refractivity contribution >= 4 is 12.2 Å². The summed E-state index contributed by atoms with van der Waals surface area (Å²) in [6.45, 7) is 8.79. The quantitative estimate of drug-likeness (QED) is 0.579. The van der Waals surface area contributed by atoms with Crippen molar-refractivity contribution in [1.29, 1.82) is 0 Å². The van der Waals surface area contributed by atoms with Crippen LogP contribution in [-0.4, -0.2) is 0 Å². The van der Waals surface area contributed by atoms with Crippen LogP contribution in [-0.2, 0) is 12.8 Å². The Morgan fingerprint density at radius 1 is 0.773 bits per heavy atom. The molecular formula is C22H26. The molecule has 2 aromatic carbocycles. The summed E-state index contributed by atoms with van der Waals surface area (Å²) in [5.41, 5.74) is 8.25. The standard InChI is InChI=1S/C22H26/c1-5-19-14-10-15-20(21(19)6-2)13-7-8-16-22-17(3)11-9-12-18(22)4/h7-16H,5-6H2,1-4H3. The van der Waals surface area contributed by atoms with Crippen LogP contribution in [0.15, 0.2) is 48.6 Å². The zero-order valence-corrected chi connectivity index (χ0v) is 14.2. The Morgan fingerprint density at radius 2 is 1.41 bits per heavy atom. The highest BCUT2D eigenvalue weighted by Crippen LogP contribution is 2.19. The second-order valence-corrected chi connectivity index (χ2v) is 5.72. The molecule has 0 fully saturated rings. The van der Waals surface area contributed by atoms with Gasteiger partial charge in [0.1, 0.15) is 0 Å². The molecule has 0 aromatic heterocycles. The SMILES string of the molecule is CCc1cccc(C=CC=Cc2c(C)cccc2C)c1CC. The maximum Gasteiger partial charge on any atom is -0.0198 e. The number of hydrogen-bond acceptors (Lipinski definition) is 0. The Kier molecular flexibility index (Phi) is 5.77. The van der Waals surface area contributed by atoms with Crippen LogP contribution in [0.4, 0.5) is 0 Å². The summed E-state index contributed by atoms with van der Waals surface area (Å²) in [5, 5.41) is 0. The molecule has 0 aliphatic heterocycles. The molecule has 0 atom stereocenters. The lowest BCUT2D eigenvalue weighted by Gasteiger charge is -2.09. The Bertz CT molecular complexity index is 667. The molecule has 2 rings (SSSR count).